The lowest BCUT2D eigenvalue weighted by Crippen LogP contribution is -2.38. The molecule has 10 heteroatoms. The molecule has 0 fully saturated rings. The summed E-state index contributed by atoms with van der Waals surface area (Å²) in [6, 6.07) is 19.2. The molecule has 0 spiro atoms. The van der Waals surface area contributed by atoms with E-state index >= 15 is 0 Å². The standard InChI is InChI=1S/C26H24N2O7S/c1-3-34-26(31)20-7-6-8-21(15-20)28(36(2,32)33)25(30)19-13-11-18(12-14-19)16-27-22-9-4-5-10-23(22)35-17-24(27)29/h4-15H,3,16-17H2,1-2H3. The molecule has 0 unspecified atom stereocenters. The van der Waals surface area contributed by atoms with Crippen LogP contribution in [0.4, 0.5) is 11.4 Å². The lowest BCUT2D eigenvalue weighted by Gasteiger charge is -2.29. The Hall–Kier alpha value is -4.18. The average molecular weight is 509 g/mol. The van der Waals surface area contributed by atoms with E-state index in [1.807, 2.05) is 12.1 Å². The van der Waals surface area contributed by atoms with Crippen molar-refractivity contribution in [3.05, 3.63) is 89.5 Å². The maximum absolute atomic E-state index is 13.3. The van der Waals surface area contributed by atoms with Gasteiger partial charge in [-0.05, 0) is 55.0 Å². The van der Waals surface area contributed by atoms with Gasteiger partial charge < -0.3 is 14.4 Å². The highest BCUT2D eigenvalue weighted by molar-refractivity contribution is 7.92. The van der Waals surface area contributed by atoms with Gasteiger partial charge in [0.05, 0.1) is 36.3 Å². The van der Waals surface area contributed by atoms with Crippen LogP contribution >= 0.6 is 0 Å². The van der Waals surface area contributed by atoms with Crippen molar-refractivity contribution < 1.29 is 32.3 Å². The SMILES string of the molecule is CCOC(=O)c1cccc(N(C(=O)c2ccc(CN3C(=O)COc4ccccc43)cc2)S(C)(=O)=O)c1. The third kappa shape index (κ3) is 5.23. The summed E-state index contributed by atoms with van der Waals surface area (Å²) in [5.74, 6) is -0.988. The van der Waals surface area contributed by atoms with Crippen molar-refractivity contribution in [1.29, 1.82) is 0 Å². The molecule has 1 aliphatic rings. The molecule has 9 nitrogen and oxygen atoms in total. The van der Waals surface area contributed by atoms with Crippen LogP contribution in [0.5, 0.6) is 5.75 Å². The zero-order chi connectivity index (χ0) is 25.9. The summed E-state index contributed by atoms with van der Waals surface area (Å²) < 4.78 is 36.2. The van der Waals surface area contributed by atoms with Crippen molar-refractivity contribution in [2.24, 2.45) is 0 Å². The number of carbonyl (C=O) groups is 3. The Kier molecular flexibility index (Phi) is 7.07. The number of carbonyl (C=O) groups excluding carboxylic acids is 3. The molecule has 3 aromatic carbocycles. The summed E-state index contributed by atoms with van der Waals surface area (Å²) in [5.41, 5.74) is 1.67. The Bertz CT molecular complexity index is 1420. The van der Waals surface area contributed by atoms with Gasteiger partial charge in [-0.3, -0.25) is 9.59 Å². The summed E-state index contributed by atoms with van der Waals surface area (Å²) >= 11 is 0. The number of esters is 1. The quantitative estimate of drug-likeness (QED) is 0.450. The van der Waals surface area contributed by atoms with E-state index < -0.39 is 21.9 Å². The van der Waals surface area contributed by atoms with Gasteiger partial charge in [-0.1, -0.05) is 30.3 Å². The molecule has 0 atom stereocenters. The molecule has 1 aliphatic heterocycles. The predicted molar refractivity (Wildman–Crippen MR) is 134 cm³/mol. The number of hydrogen-bond acceptors (Lipinski definition) is 7. The Morgan fingerprint density at radius 2 is 1.72 bits per heavy atom. The van der Waals surface area contributed by atoms with Gasteiger partial charge in [-0.2, -0.15) is 0 Å². The van der Waals surface area contributed by atoms with Crippen molar-refractivity contribution in [3.8, 4) is 5.75 Å². The minimum atomic E-state index is -4.03. The van der Waals surface area contributed by atoms with Gasteiger partial charge >= 0.3 is 5.97 Å². The van der Waals surface area contributed by atoms with Crippen LogP contribution in [0, 0.1) is 0 Å². The summed E-state index contributed by atoms with van der Waals surface area (Å²) in [7, 11) is -4.03. The van der Waals surface area contributed by atoms with Crippen LogP contribution in [0.15, 0.2) is 72.8 Å². The number of nitrogens with zero attached hydrogens (tertiary/aromatic N) is 2. The molecular formula is C26H24N2O7S. The molecule has 0 aromatic heterocycles. The van der Waals surface area contributed by atoms with Crippen molar-refractivity contribution in [2.45, 2.75) is 13.5 Å². The van der Waals surface area contributed by atoms with Crippen LogP contribution in [-0.2, 0) is 26.1 Å². The smallest absolute Gasteiger partial charge is 0.338 e. The van der Waals surface area contributed by atoms with Gasteiger partial charge in [0, 0.05) is 5.56 Å². The maximum atomic E-state index is 13.3. The van der Waals surface area contributed by atoms with Crippen molar-refractivity contribution in [1.82, 2.24) is 0 Å². The number of benzene rings is 3. The van der Waals surface area contributed by atoms with Crippen molar-refractivity contribution in [3.63, 3.8) is 0 Å². The highest BCUT2D eigenvalue weighted by Gasteiger charge is 2.28. The van der Waals surface area contributed by atoms with E-state index in [0.29, 0.717) is 15.7 Å². The van der Waals surface area contributed by atoms with Gasteiger partial charge in [0.2, 0.25) is 10.0 Å². The Balaban J connectivity index is 1.59. The maximum Gasteiger partial charge on any atom is 0.338 e. The molecule has 3 aromatic rings. The fraction of sp³-hybridized carbons (Fsp3) is 0.192. The van der Waals surface area contributed by atoms with Gasteiger partial charge in [0.25, 0.3) is 11.8 Å². The minimum Gasteiger partial charge on any atom is -0.482 e. The number of amides is 2. The summed E-state index contributed by atoms with van der Waals surface area (Å²) in [6.45, 7) is 2.00. The largest absolute Gasteiger partial charge is 0.482 e. The summed E-state index contributed by atoms with van der Waals surface area (Å²) in [5, 5.41) is 0. The normalized spacial score (nSPS) is 12.9. The molecule has 0 radical (unpaired) electrons. The third-order valence-corrected chi connectivity index (χ3v) is 6.50. The average Bonchev–Trinajstić information content (AvgIpc) is 2.86. The lowest BCUT2D eigenvalue weighted by molar-refractivity contribution is -0.121. The van der Waals surface area contributed by atoms with E-state index in [9.17, 15) is 22.8 Å². The topological polar surface area (TPSA) is 110 Å². The number of ether oxygens (including phenoxy) is 2. The fourth-order valence-corrected chi connectivity index (χ4v) is 4.72. The summed E-state index contributed by atoms with van der Waals surface area (Å²) in [6.07, 6.45) is 0.914. The first-order valence-corrected chi connectivity index (χ1v) is 13.0. The first-order chi connectivity index (χ1) is 17.2. The van der Waals surface area contributed by atoms with Crippen LogP contribution < -0.4 is 13.9 Å². The van der Waals surface area contributed by atoms with Crippen LogP contribution in [0.1, 0.15) is 33.2 Å². The highest BCUT2D eigenvalue weighted by atomic mass is 32.2. The number of anilines is 2. The molecule has 0 bridgehead atoms. The monoisotopic (exact) mass is 508 g/mol. The molecule has 0 saturated heterocycles. The zero-order valence-corrected chi connectivity index (χ0v) is 20.5. The van der Waals surface area contributed by atoms with Crippen molar-refractivity contribution in [2.75, 3.05) is 28.7 Å². The molecule has 0 saturated carbocycles. The van der Waals surface area contributed by atoms with E-state index in [4.69, 9.17) is 9.47 Å². The second-order valence-electron chi connectivity index (χ2n) is 8.04. The Morgan fingerprint density at radius 3 is 2.42 bits per heavy atom. The van der Waals surface area contributed by atoms with Gasteiger partial charge in [-0.15, -0.1) is 0 Å². The number of hydrogen-bond donors (Lipinski definition) is 0. The second kappa shape index (κ2) is 10.2. The first-order valence-electron chi connectivity index (χ1n) is 11.1. The minimum absolute atomic E-state index is 0.0210. The Morgan fingerprint density at radius 1 is 1.00 bits per heavy atom. The zero-order valence-electron chi connectivity index (χ0n) is 19.7. The molecule has 4 rings (SSSR count). The molecule has 186 valence electrons. The molecule has 1 heterocycles. The van der Waals surface area contributed by atoms with Gasteiger partial charge in [0.1, 0.15) is 5.75 Å². The van der Waals surface area contributed by atoms with Gasteiger partial charge in [0.15, 0.2) is 6.61 Å². The molecular weight excluding hydrogens is 484 g/mol. The number of sulfonamides is 1. The third-order valence-electron chi connectivity index (χ3n) is 5.46. The second-order valence-corrected chi connectivity index (χ2v) is 9.87. The highest BCUT2D eigenvalue weighted by Crippen LogP contribution is 2.32. The van der Waals surface area contributed by atoms with Crippen LogP contribution in [0.2, 0.25) is 0 Å². The number of rotatable bonds is 7. The lowest BCUT2D eigenvalue weighted by atomic mass is 10.1. The fourth-order valence-electron chi connectivity index (χ4n) is 3.81. The molecule has 2 amide bonds. The van der Waals surface area contributed by atoms with E-state index in [1.54, 1.807) is 36.1 Å². The first kappa shape index (κ1) is 24.9. The van der Waals surface area contributed by atoms with E-state index in [2.05, 4.69) is 0 Å². The number of fused-ring (bicyclic) bond motifs is 1. The van der Waals surface area contributed by atoms with Crippen molar-refractivity contribution >= 4 is 39.2 Å². The van der Waals surface area contributed by atoms with E-state index in [0.717, 1.165) is 11.8 Å². The molecule has 0 aliphatic carbocycles. The van der Waals surface area contributed by atoms with E-state index in [1.165, 1.54) is 36.4 Å². The van der Waals surface area contributed by atoms with E-state index in [-0.39, 0.29) is 42.5 Å². The van der Waals surface area contributed by atoms with Crippen LogP contribution in [0.25, 0.3) is 0 Å². The Labute approximate surface area is 208 Å². The summed E-state index contributed by atoms with van der Waals surface area (Å²) in [4.78, 5) is 39.4. The molecule has 0 N–H and O–H groups in total. The predicted octanol–water partition coefficient (Wildman–Crippen LogP) is 3.40. The van der Waals surface area contributed by atoms with Crippen LogP contribution in [0.3, 0.4) is 0 Å². The van der Waals surface area contributed by atoms with Gasteiger partial charge in [-0.25, -0.2) is 17.5 Å². The molecule has 36 heavy (non-hydrogen) atoms. The van der Waals surface area contributed by atoms with Crippen LogP contribution in [-0.4, -0.2) is 45.7 Å². The number of para-hydroxylation sites is 2.